The second-order valence-corrected chi connectivity index (χ2v) is 3.72. The summed E-state index contributed by atoms with van der Waals surface area (Å²) in [6, 6.07) is 4.04. The highest BCUT2D eigenvalue weighted by Gasteiger charge is 2.10. The molecule has 0 amide bonds. The van der Waals surface area contributed by atoms with E-state index in [0.29, 0.717) is 0 Å². The summed E-state index contributed by atoms with van der Waals surface area (Å²) in [7, 11) is 0. The van der Waals surface area contributed by atoms with Gasteiger partial charge >= 0.3 is 0 Å². The summed E-state index contributed by atoms with van der Waals surface area (Å²) in [6.45, 7) is 4.96. The van der Waals surface area contributed by atoms with E-state index in [9.17, 15) is 0 Å². The van der Waals surface area contributed by atoms with Crippen LogP contribution in [-0.4, -0.2) is 13.1 Å². The van der Waals surface area contributed by atoms with Gasteiger partial charge in [0.15, 0.2) is 0 Å². The lowest BCUT2D eigenvalue weighted by Crippen LogP contribution is -2.16. The highest BCUT2D eigenvalue weighted by molar-refractivity contribution is 6.31. The summed E-state index contributed by atoms with van der Waals surface area (Å²) in [6.07, 6.45) is 0. The zero-order chi connectivity index (χ0) is 9.26. The van der Waals surface area contributed by atoms with Crippen LogP contribution in [0, 0.1) is 6.92 Å². The summed E-state index contributed by atoms with van der Waals surface area (Å²) >= 11 is 6.04. The Kier molecular flexibility index (Phi) is 2.42. The number of hydrogen-bond acceptors (Lipinski definition) is 2. The van der Waals surface area contributed by atoms with Crippen molar-refractivity contribution in [1.82, 2.24) is 5.32 Å². The zero-order valence-corrected chi connectivity index (χ0v) is 8.41. The molecular weight excluding hydrogens is 184 g/mol. The molecule has 0 unspecified atom stereocenters. The fourth-order valence-electron chi connectivity index (χ4n) is 1.63. The molecule has 1 aromatic rings. The molecule has 13 heavy (non-hydrogen) atoms. The number of fused-ring (bicyclic) bond motifs is 1. The average Bonchev–Trinajstić information content (AvgIpc) is 2.36. The molecule has 0 radical (unpaired) electrons. The van der Waals surface area contributed by atoms with Crippen molar-refractivity contribution in [3.63, 3.8) is 0 Å². The lowest BCUT2D eigenvalue weighted by Gasteiger charge is -2.11. The normalized spacial score (nSPS) is 15.8. The molecule has 1 heterocycles. The third kappa shape index (κ3) is 1.64. The Morgan fingerprint density at radius 1 is 1.31 bits per heavy atom. The van der Waals surface area contributed by atoms with Crippen LogP contribution in [0.2, 0.25) is 5.02 Å². The van der Waals surface area contributed by atoms with E-state index < -0.39 is 0 Å². The van der Waals surface area contributed by atoms with Gasteiger partial charge in [-0.05, 0) is 24.1 Å². The maximum atomic E-state index is 6.04. The first-order valence-corrected chi connectivity index (χ1v) is 4.89. The largest absolute Gasteiger partial charge is 0.383 e. The summed E-state index contributed by atoms with van der Waals surface area (Å²) in [5, 5.41) is 7.57. The topological polar surface area (TPSA) is 24.1 Å². The smallest absolute Gasteiger partial charge is 0.0455 e. The van der Waals surface area contributed by atoms with Crippen molar-refractivity contribution in [2.75, 3.05) is 18.4 Å². The summed E-state index contributed by atoms with van der Waals surface area (Å²) in [5.41, 5.74) is 3.67. The van der Waals surface area contributed by atoms with Crippen LogP contribution in [0.1, 0.15) is 11.1 Å². The van der Waals surface area contributed by atoms with Crippen molar-refractivity contribution in [3.8, 4) is 0 Å². The molecule has 0 fully saturated rings. The molecule has 3 heteroatoms. The van der Waals surface area contributed by atoms with Gasteiger partial charge in [0, 0.05) is 30.3 Å². The Balaban J connectivity index is 2.48. The summed E-state index contributed by atoms with van der Waals surface area (Å²) in [4.78, 5) is 0. The van der Waals surface area contributed by atoms with Gasteiger partial charge in [-0.1, -0.05) is 17.7 Å². The van der Waals surface area contributed by atoms with Gasteiger partial charge in [0.2, 0.25) is 0 Å². The number of nitrogens with one attached hydrogen (secondary N) is 2. The van der Waals surface area contributed by atoms with Crippen molar-refractivity contribution in [1.29, 1.82) is 0 Å². The third-order valence-corrected chi connectivity index (χ3v) is 2.81. The molecule has 70 valence electrons. The molecule has 0 aromatic heterocycles. The minimum atomic E-state index is 0.841. The fourth-order valence-corrected chi connectivity index (χ4v) is 1.79. The SMILES string of the molecule is Cc1c(Cl)ccc2c1NCCNC2. The summed E-state index contributed by atoms with van der Waals surface area (Å²) in [5.74, 6) is 0. The third-order valence-electron chi connectivity index (χ3n) is 2.40. The first-order chi connectivity index (χ1) is 6.29. The highest BCUT2D eigenvalue weighted by atomic mass is 35.5. The van der Waals surface area contributed by atoms with Crippen LogP contribution in [0.15, 0.2) is 12.1 Å². The van der Waals surface area contributed by atoms with Gasteiger partial charge in [0.25, 0.3) is 0 Å². The minimum Gasteiger partial charge on any atom is -0.383 e. The van der Waals surface area contributed by atoms with E-state index in [1.807, 2.05) is 6.07 Å². The van der Waals surface area contributed by atoms with Crippen LogP contribution in [0.25, 0.3) is 0 Å². The van der Waals surface area contributed by atoms with Gasteiger partial charge in [-0.2, -0.15) is 0 Å². The lowest BCUT2D eigenvalue weighted by atomic mass is 10.1. The van der Waals surface area contributed by atoms with Crippen molar-refractivity contribution in [2.24, 2.45) is 0 Å². The number of rotatable bonds is 0. The Morgan fingerprint density at radius 2 is 2.15 bits per heavy atom. The van der Waals surface area contributed by atoms with Crippen molar-refractivity contribution < 1.29 is 0 Å². The monoisotopic (exact) mass is 196 g/mol. The molecule has 0 bridgehead atoms. The number of hydrogen-bond donors (Lipinski definition) is 2. The maximum absolute atomic E-state index is 6.04. The van der Waals surface area contributed by atoms with Crippen LogP contribution in [0.4, 0.5) is 5.69 Å². The molecule has 2 nitrogen and oxygen atoms in total. The van der Waals surface area contributed by atoms with Gasteiger partial charge in [0.1, 0.15) is 0 Å². The van der Waals surface area contributed by atoms with E-state index in [1.165, 1.54) is 11.3 Å². The Morgan fingerprint density at radius 3 is 3.00 bits per heavy atom. The Bertz CT molecular complexity index is 323. The second kappa shape index (κ2) is 3.56. The zero-order valence-electron chi connectivity index (χ0n) is 7.65. The van der Waals surface area contributed by atoms with E-state index in [4.69, 9.17) is 11.6 Å². The molecule has 1 aliphatic rings. The maximum Gasteiger partial charge on any atom is 0.0455 e. The van der Waals surface area contributed by atoms with E-state index >= 15 is 0 Å². The molecule has 0 aliphatic carbocycles. The highest BCUT2D eigenvalue weighted by Crippen LogP contribution is 2.28. The number of benzene rings is 1. The molecule has 0 spiro atoms. The van der Waals surface area contributed by atoms with Crippen LogP contribution in [0.3, 0.4) is 0 Å². The minimum absolute atomic E-state index is 0.841. The first kappa shape index (κ1) is 8.85. The van der Waals surface area contributed by atoms with E-state index in [2.05, 4.69) is 23.6 Å². The van der Waals surface area contributed by atoms with E-state index in [-0.39, 0.29) is 0 Å². The molecular formula is C10H13ClN2. The van der Waals surface area contributed by atoms with E-state index in [0.717, 1.165) is 30.2 Å². The van der Waals surface area contributed by atoms with E-state index in [1.54, 1.807) is 0 Å². The lowest BCUT2D eigenvalue weighted by molar-refractivity contribution is 0.725. The number of anilines is 1. The van der Waals surface area contributed by atoms with Crippen molar-refractivity contribution in [2.45, 2.75) is 13.5 Å². The predicted octanol–water partition coefficient (Wildman–Crippen LogP) is 2.16. The second-order valence-electron chi connectivity index (χ2n) is 3.31. The van der Waals surface area contributed by atoms with Gasteiger partial charge < -0.3 is 10.6 Å². The number of halogens is 1. The fraction of sp³-hybridized carbons (Fsp3) is 0.400. The Hall–Kier alpha value is -0.730. The van der Waals surface area contributed by atoms with Crippen LogP contribution in [-0.2, 0) is 6.54 Å². The first-order valence-electron chi connectivity index (χ1n) is 4.51. The van der Waals surface area contributed by atoms with Crippen LogP contribution < -0.4 is 10.6 Å². The molecule has 2 rings (SSSR count). The summed E-state index contributed by atoms with van der Waals surface area (Å²) < 4.78 is 0. The molecule has 2 N–H and O–H groups in total. The van der Waals surface area contributed by atoms with Gasteiger partial charge in [-0.15, -0.1) is 0 Å². The van der Waals surface area contributed by atoms with Gasteiger partial charge in [0.05, 0.1) is 0 Å². The molecule has 0 saturated heterocycles. The quantitative estimate of drug-likeness (QED) is 0.665. The standard InChI is InChI=1S/C10H13ClN2/c1-7-9(11)3-2-8-6-12-4-5-13-10(7)8/h2-3,12-13H,4-6H2,1H3. The van der Waals surface area contributed by atoms with Crippen molar-refractivity contribution >= 4 is 17.3 Å². The molecule has 1 aliphatic heterocycles. The molecule has 1 aromatic carbocycles. The predicted molar refractivity (Wildman–Crippen MR) is 56.4 cm³/mol. The van der Waals surface area contributed by atoms with Gasteiger partial charge in [-0.25, -0.2) is 0 Å². The average molecular weight is 197 g/mol. The van der Waals surface area contributed by atoms with Crippen LogP contribution in [0.5, 0.6) is 0 Å². The molecule has 0 saturated carbocycles. The van der Waals surface area contributed by atoms with Gasteiger partial charge in [-0.3, -0.25) is 0 Å². The van der Waals surface area contributed by atoms with Crippen molar-refractivity contribution in [3.05, 3.63) is 28.3 Å². The molecule has 0 atom stereocenters. The Labute approximate surface area is 83.3 Å². The van der Waals surface area contributed by atoms with Crippen LogP contribution >= 0.6 is 11.6 Å².